The highest BCUT2D eigenvalue weighted by atomic mass is 35.5. The number of rotatable bonds is 9. The van der Waals surface area contributed by atoms with Crippen LogP contribution in [0, 0.1) is 5.41 Å². The molecule has 2 N–H and O–H groups in total. The summed E-state index contributed by atoms with van der Waals surface area (Å²) in [6.45, 7) is 1.50. The minimum absolute atomic E-state index is 0.0667. The van der Waals surface area contributed by atoms with Gasteiger partial charge in [0.2, 0.25) is 5.91 Å². The Kier molecular flexibility index (Phi) is 8.49. The Hall–Kier alpha value is -1.49. The molecule has 0 aliphatic carbocycles. The molecule has 0 saturated carbocycles. The molecule has 0 bridgehead atoms. The zero-order valence-corrected chi connectivity index (χ0v) is 16.9. The van der Waals surface area contributed by atoms with Crippen LogP contribution in [-0.4, -0.2) is 23.1 Å². The molecule has 1 atom stereocenters. The lowest BCUT2D eigenvalue weighted by Gasteiger charge is -2.12. The number of carbonyl (C=O) groups is 1. The predicted octanol–water partition coefficient (Wildman–Crippen LogP) is 5.88. The van der Waals surface area contributed by atoms with E-state index in [1.165, 1.54) is 18.7 Å². The highest BCUT2D eigenvalue weighted by Gasteiger charge is 2.09. The van der Waals surface area contributed by atoms with Crippen LogP contribution in [-0.2, 0) is 17.6 Å². The zero-order chi connectivity index (χ0) is 18.9. The maximum atomic E-state index is 11.0. The van der Waals surface area contributed by atoms with E-state index in [0.717, 1.165) is 36.3 Å². The SMILES string of the molecule is CC(=O)Nc1ccc(CCSC(C=N)CCc2ccc(Cl)cc2Cl)cc1. The van der Waals surface area contributed by atoms with Gasteiger partial charge in [-0.05, 0) is 60.4 Å². The zero-order valence-electron chi connectivity index (χ0n) is 14.6. The summed E-state index contributed by atoms with van der Waals surface area (Å²) in [5.41, 5.74) is 3.10. The lowest BCUT2D eigenvalue weighted by molar-refractivity contribution is -0.114. The third-order valence-electron chi connectivity index (χ3n) is 3.90. The van der Waals surface area contributed by atoms with Crippen molar-refractivity contribution in [3.63, 3.8) is 0 Å². The molecule has 0 fully saturated rings. The maximum Gasteiger partial charge on any atom is 0.221 e. The molecular weight excluding hydrogens is 387 g/mol. The average molecular weight is 409 g/mol. The fraction of sp³-hybridized carbons (Fsp3) is 0.300. The van der Waals surface area contributed by atoms with Crippen LogP contribution in [0.1, 0.15) is 24.5 Å². The van der Waals surface area contributed by atoms with Gasteiger partial charge < -0.3 is 10.7 Å². The van der Waals surface area contributed by atoms with Gasteiger partial charge in [0.05, 0.1) is 0 Å². The van der Waals surface area contributed by atoms with Crippen LogP contribution >= 0.6 is 35.0 Å². The summed E-state index contributed by atoms with van der Waals surface area (Å²) >= 11 is 13.9. The molecule has 0 heterocycles. The van der Waals surface area contributed by atoms with E-state index in [9.17, 15) is 4.79 Å². The number of hydrogen-bond acceptors (Lipinski definition) is 3. The van der Waals surface area contributed by atoms with Crippen LogP contribution in [0.25, 0.3) is 0 Å². The van der Waals surface area contributed by atoms with Crippen LogP contribution in [0.4, 0.5) is 5.69 Å². The van der Waals surface area contributed by atoms with Gasteiger partial charge in [0, 0.05) is 34.1 Å². The Morgan fingerprint density at radius 2 is 1.92 bits per heavy atom. The predicted molar refractivity (Wildman–Crippen MR) is 114 cm³/mol. The number of carbonyl (C=O) groups excluding carboxylic acids is 1. The maximum absolute atomic E-state index is 11.0. The first-order chi connectivity index (χ1) is 12.5. The van der Waals surface area contributed by atoms with E-state index < -0.39 is 0 Å². The quantitative estimate of drug-likeness (QED) is 0.508. The number of hydrogen-bond donors (Lipinski definition) is 2. The third kappa shape index (κ3) is 7.02. The topological polar surface area (TPSA) is 53.0 Å². The Bertz CT molecular complexity index is 750. The number of benzene rings is 2. The van der Waals surface area contributed by atoms with Gasteiger partial charge in [-0.1, -0.05) is 41.4 Å². The summed E-state index contributed by atoms with van der Waals surface area (Å²) in [4.78, 5) is 11.0. The van der Waals surface area contributed by atoms with E-state index in [0.29, 0.717) is 10.0 Å². The molecule has 0 spiro atoms. The minimum Gasteiger partial charge on any atom is -0.326 e. The van der Waals surface area contributed by atoms with Crippen molar-refractivity contribution < 1.29 is 4.79 Å². The van der Waals surface area contributed by atoms with E-state index in [-0.39, 0.29) is 11.2 Å². The Labute approximate surface area is 169 Å². The molecule has 2 aromatic rings. The first kappa shape index (κ1) is 20.8. The summed E-state index contributed by atoms with van der Waals surface area (Å²) in [5.74, 6) is 0.872. The summed E-state index contributed by atoms with van der Waals surface area (Å²) in [7, 11) is 0. The molecule has 0 aromatic heterocycles. The first-order valence-corrected chi connectivity index (χ1v) is 10.2. The fourth-order valence-electron chi connectivity index (χ4n) is 2.52. The highest BCUT2D eigenvalue weighted by molar-refractivity contribution is 8.00. The number of anilines is 1. The molecule has 2 rings (SSSR count). The summed E-state index contributed by atoms with van der Waals surface area (Å²) in [6, 6.07) is 13.4. The van der Waals surface area contributed by atoms with Gasteiger partial charge in [-0.3, -0.25) is 4.79 Å². The molecule has 2 aromatic carbocycles. The van der Waals surface area contributed by atoms with Crippen molar-refractivity contribution in [1.82, 2.24) is 0 Å². The highest BCUT2D eigenvalue weighted by Crippen LogP contribution is 2.24. The summed E-state index contributed by atoms with van der Waals surface area (Å²) < 4.78 is 0. The molecule has 6 heteroatoms. The smallest absolute Gasteiger partial charge is 0.221 e. The first-order valence-electron chi connectivity index (χ1n) is 8.40. The monoisotopic (exact) mass is 408 g/mol. The van der Waals surface area contributed by atoms with E-state index in [4.69, 9.17) is 28.6 Å². The van der Waals surface area contributed by atoms with Crippen LogP contribution in [0.3, 0.4) is 0 Å². The molecule has 0 aliphatic rings. The van der Waals surface area contributed by atoms with Crippen LogP contribution in [0.5, 0.6) is 0 Å². The molecule has 1 unspecified atom stereocenters. The summed E-state index contributed by atoms with van der Waals surface area (Å²) in [6.07, 6.45) is 4.14. The normalized spacial score (nSPS) is 11.8. The van der Waals surface area contributed by atoms with Crippen LogP contribution in [0.15, 0.2) is 42.5 Å². The molecule has 0 aliphatic heterocycles. The van der Waals surface area contributed by atoms with E-state index in [1.807, 2.05) is 36.4 Å². The van der Waals surface area contributed by atoms with Gasteiger partial charge in [0.25, 0.3) is 0 Å². The van der Waals surface area contributed by atoms with Crippen molar-refractivity contribution >= 4 is 52.8 Å². The molecule has 3 nitrogen and oxygen atoms in total. The molecule has 0 radical (unpaired) electrons. The second-order valence-electron chi connectivity index (χ2n) is 5.98. The number of amides is 1. The molecule has 138 valence electrons. The second-order valence-corrected chi connectivity index (χ2v) is 8.17. The third-order valence-corrected chi connectivity index (χ3v) is 5.72. The van der Waals surface area contributed by atoms with Gasteiger partial charge >= 0.3 is 0 Å². The van der Waals surface area contributed by atoms with Gasteiger partial charge in [-0.15, -0.1) is 0 Å². The van der Waals surface area contributed by atoms with Crippen molar-refractivity contribution in [3.8, 4) is 0 Å². The van der Waals surface area contributed by atoms with Crippen molar-refractivity contribution in [2.75, 3.05) is 11.1 Å². The van der Waals surface area contributed by atoms with Crippen molar-refractivity contribution in [2.45, 2.75) is 31.4 Å². The minimum atomic E-state index is -0.0667. The molecule has 26 heavy (non-hydrogen) atoms. The number of halogens is 2. The van der Waals surface area contributed by atoms with Gasteiger partial charge in [-0.25, -0.2) is 0 Å². The van der Waals surface area contributed by atoms with Crippen molar-refractivity contribution in [1.29, 1.82) is 5.41 Å². The van der Waals surface area contributed by atoms with Crippen LogP contribution in [0.2, 0.25) is 10.0 Å². The van der Waals surface area contributed by atoms with Gasteiger partial charge in [-0.2, -0.15) is 11.8 Å². The molecule has 0 saturated heterocycles. The van der Waals surface area contributed by atoms with Crippen molar-refractivity contribution in [3.05, 3.63) is 63.6 Å². The molecular formula is C20H22Cl2N2OS. The number of thioether (sulfide) groups is 1. The van der Waals surface area contributed by atoms with Gasteiger partial charge in [0.1, 0.15) is 0 Å². The summed E-state index contributed by atoms with van der Waals surface area (Å²) in [5, 5.41) is 11.9. The number of nitrogens with one attached hydrogen (secondary N) is 2. The van der Waals surface area contributed by atoms with E-state index in [1.54, 1.807) is 17.8 Å². The van der Waals surface area contributed by atoms with Crippen molar-refractivity contribution in [2.24, 2.45) is 0 Å². The standard InChI is InChI=1S/C20H22Cl2N2OS/c1-14(25)24-18-7-2-15(3-8-18)10-11-26-19(13-23)9-5-16-4-6-17(21)12-20(16)22/h2-4,6-8,12-13,19,23H,5,9-11H2,1H3,(H,24,25). The Balaban J connectivity index is 1.77. The number of aryl methyl sites for hydroxylation is 2. The lowest BCUT2D eigenvalue weighted by atomic mass is 10.1. The van der Waals surface area contributed by atoms with E-state index >= 15 is 0 Å². The largest absolute Gasteiger partial charge is 0.326 e. The van der Waals surface area contributed by atoms with Crippen LogP contribution < -0.4 is 5.32 Å². The lowest BCUT2D eigenvalue weighted by Crippen LogP contribution is -2.08. The fourth-order valence-corrected chi connectivity index (χ4v) is 4.06. The Morgan fingerprint density at radius 1 is 1.19 bits per heavy atom. The average Bonchev–Trinajstić information content (AvgIpc) is 2.60. The van der Waals surface area contributed by atoms with E-state index in [2.05, 4.69) is 5.32 Å². The Morgan fingerprint density at radius 3 is 2.54 bits per heavy atom. The molecule has 1 amide bonds. The van der Waals surface area contributed by atoms with Gasteiger partial charge in [0.15, 0.2) is 0 Å². The second kappa shape index (κ2) is 10.6.